The van der Waals surface area contributed by atoms with Crippen molar-refractivity contribution in [1.29, 1.82) is 0 Å². The van der Waals surface area contributed by atoms with Crippen LogP contribution in [0.2, 0.25) is 0 Å². The highest BCUT2D eigenvalue weighted by Crippen LogP contribution is 2.21. The molecule has 0 aliphatic heterocycles. The van der Waals surface area contributed by atoms with Crippen molar-refractivity contribution >= 4 is 10.0 Å². The predicted molar refractivity (Wildman–Crippen MR) is 85.2 cm³/mol. The molecule has 0 fully saturated rings. The molecule has 0 heterocycles. The van der Waals surface area contributed by atoms with E-state index in [9.17, 15) is 8.42 Å². The zero-order valence-electron chi connectivity index (χ0n) is 13.3. The minimum absolute atomic E-state index is 0.00782. The highest BCUT2D eigenvalue weighted by molar-refractivity contribution is 7.89. The lowest BCUT2D eigenvalue weighted by atomic mass is 10.2. The van der Waals surface area contributed by atoms with E-state index in [1.54, 1.807) is 31.3 Å². The van der Waals surface area contributed by atoms with Crippen LogP contribution in [0.4, 0.5) is 0 Å². The van der Waals surface area contributed by atoms with E-state index >= 15 is 0 Å². The van der Waals surface area contributed by atoms with Crippen LogP contribution >= 0.6 is 0 Å². The normalized spacial score (nSPS) is 13.4. The van der Waals surface area contributed by atoms with Crippen molar-refractivity contribution in [2.75, 3.05) is 27.2 Å². The molecule has 1 atom stereocenters. The Morgan fingerprint density at radius 2 is 1.90 bits per heavy atom. The van der Waals surface area contributed by atoms with E-state index in [0.29, 0.717) is 17.3 Å². The first-order valence-corrected chi connectivity index (χ1v) is 8.73. The Morgan fingerprint density at radius 3 is 2.43 bits per heavy atom. The third-order valence-corrected chi connectivity index (χ3v) is 5.43. The van der Waals surface area contributed by atoms with Gasteiger partial charge in [-0.25, -0.2) is 8.42 Å². The van der Waals surface area contributed by atoms with Crippen LogP contribution in [0.15, 0.2) is 29.2 Å². The largest absolute Gasteiger partial charge is 0.492 e. The maximum atomic E-state index is 12.5. The monoisotopic (exact) mass is 314 g/mol. The summed E-state index contributed by atoms with van der Waals surface area (Å²) in [7, 11) is 0.0485. The summed E-state index contributed by atoms with van der Waals surface area (Å²) in [5, 5.41) is 2.99. The first-order chi connectivity index (χ1) is 9.93. The van der Waals surface area contributed by atoms with Crippen LogP contribution in [0.25, 0.3) is 0 Å². The van der Waals surface area contributed by atoms with Crippen LogP contribution in [0.1, 0.15) is 26.7 Å². The van der Waals surface area contributed by atoms with Crippen molar-refractivity contribution in [3.8, 4) is 5.75 Å². The molecule has 0 aromatic heterocycles. The number of ether oxygens (including phenoxy) is 1. The Kier molecular flexibility index (Phi) is 7.14. The Bertz CT molecular complexity index is 514. The molecule has 0 spiro atoms. The number of nitrogens with zero attached hydrogens (tertiary/aromatic N) is 1. The summed E-state index contributed by atoms with van der Waals surface area (Å²) >= 11 is 0. The number of hydrogen-bond acceptors (Lipinski definition) is 4. The van der Waals surface area contributed by atoms with E-state index in [0.717, 1.165) is 19.4 Å². The lowest BCUT2D eigenvalue weighted by Gasteiger charge is -2.24. The molecule has 0 saturated heterocycles. The molecule has 21 heavy (non-hydrogen) atoms. The highest BCUT2D eigenvalue weighted by atomic mass is 32.2. The van der Waals surface area contributed by atoms with Gasteiger partial charge in [0, 0.05) is 19.6 Å². The summed E-state index contributed by atoms with van der Waals surface area (Å²) in [4.78, 5) is 0.300. The molecule has 0 aliphatic carbocycles. The van der Waals surface area contributed by atoms with E-state index in [1.165, 1.54) is 4.31 Å². The molecule has 1 rings (SSSR count). The highest BCUT2D eigenvalue weighted by Gasteiger charge is 2.24. The Morgan fingerprint density at radius 1 is 1.29 bits per heavy atom. The quantitative estimate of drug-likeness (QED) is 0.709. The molecular weight excluding hydrogens is 288 g/mol. The first kappa shape index (κ1) is 17.9. The molecular formula is C15H26N2O3S. The fourth-order valence-electron chi connectivity index (χ4n) is 1.98. The number of hydrogen-bond donors (Lipinski definition) is 1. The van der Waals surface area contributed by atoms with Gasteiger partial charge in [0.2, 0.25) is 10.0 Å². The summed E-state index contributed by atoms with van der Waals surface area (Å²) in [5.41, 5.74) is 0. The van der Waals surface area contributed by atoms with Crippen molar-refractivity contribution in [3.05, 3.63) is 24.3 Å². The molecule has 0 radical (unpaired) electrons. The van der Waals surface area contributed by atoms with Crippen molar-refractivity contribution in [2.24, 2.45) is 0 Å². The second kappa shape index (κ2) is 8.36. The van der Waals surface area contributed by atoms with Crippen LogP contribution in [0, 0.1) is 0 Å². The second-order valence-corrected chi connectivity index (χ2v) is 7.08. The summed E-state index contributed by atoms with van der Waals surface area (Å²) in [5.74, 6) is 0.674. The van der Waals surface area contributed by atoms with Gasteiger partial charge < -0.3 is 10.1 Å². The fraction of sp³-hybridized carbons (Fsp3) is 0.600. The van der Waals surface area contributed by atoms with Crippen molar-refractivity contribution < 1.29 is 13.2 Å². The van der Waals surface area contributed by atoms with Gasteiger partial charge in [0.05, 0.1) is 4.90 Å². The molecule has 1 aromatic rings. The van der Waals surface area contributed by atoms with Gasteiger partial charge in [0.15, 0.2) is 0 Å². The molecule has 0 saturated carbocycles. The summed E-state index contributed by atoms with van der Waals surface area (Å²) in [6.07, 6.45) is 1.81. The lowest BCUT2D eigenvalue weighted by Crippen LogP contribution is -2.34. The van der Waals surface area contributed by atoms with Gasteiger partial charge in [-0.05, 0) is 44.7 Å². The van der Waals surface area contributed by atoms with Gasteiger partial charge in [-0.2, -0.15) is 4.31 Å². The fourth-order valence-corrected chi connectivity index (χ4v) is 3.37. The summed E-state index contributed by atoms with van der Waals surface area (Å²) < 4.78 is 31.9. The molecule has 0 aliphatic rings. The number of sulfonamides is 1. The van der Waals surface area contributed by atoms with Gasteiger partial charge in [0.1, 0.15) is 12.4 Å². The zero-order valence-corrected chi connectivity index (χ0v) is 14.1. The SMILES string of the molecule is CCCC(C)N(C)S(=O)(=O)c1ccc(OCCNC)cc1. The number of rotatable bonds is 9. The maximum absolute atomic E-state index is 12.5. The standard InChI is InChI=1S/C15H26N2O3S/c1-5-6-13(2)17(4)21(18,19)15-9-7-14(8-10-15)20-12-11-16-3/h7-10,13,16H,5-6,11-12H2,1-4H3. The zero-order chi connectivity index (χ0) is 15.9. The van der Waals surface area contributed by atoms with Gasteiger partial charge in [0.25, 0.3) is 0 Å². The first-order valence-electron chi connectivity index (χ1n) is 7.29. The molecule has 1 unspecified atom stereocenters. The summed E-state index contributed by atoms with van der Waals surface area (Å²) in [6, 6.07) is 6.58. The number of nitrogens with one attached hydrogen (secondary N) is 1. The van der Waals surface area contributed by atoms with Crippen molar-refractivity contribution in [2.45, 2.75) is 37.6 Å². The third kappa shape index (κ3) is 4.98. The number of likely N-dealkylation sites (N-methyl/N-ethyl adjacent to an activating group) is 1. The van der Waals surface area contributed by atoms with Crippen LogP contribution in [-0.4, -0.2) is 46.0 Å². The van der Waals surface area contributed by atoms with Gasteiger partial charge in [-0.3, -0.25) is 0 Å². The second-order valence-electron chi connectivity index (χ2n) is 5.08. The number of benzene rings is 1. The van der Waals surface area contributed by atoms with Crippen LogP contribution in [-0.2, 0) is 10.0 Å². The van der Waals surface area contributed by atoms with Crippen LogP contribution in [0.3, 0.4) is 0 Å². The van der Waals surface area contributed by atoms with Crippen LogP contribution < -0.4 is 10.1 Å². The van der Waals surface area contributed by atoms with Crippen molar-refractivity contribution in [1.82, 2.24) is 9.62 Å². The van der Waals surface area contributed by atoms with E-state index < -0.39 is 10.0 Å². The van der Waals surface area contributed by atoms with Gasteiger partial charge in [-0.15, -0.1) is 0 Å². The molecule has 0 bridgehead atoms. The van der Waals surface area contributed by atoms with Gasteiger partial charge in [-0.1, -0.05) is 13.3 Å². The minimum atomic E-state index is -3.44. The molecule has 1 aromatic carbocycles. The Labute approximate surface area is 128 Å². The van der Waals surface area contributed by atoms with E-state index in [-0.39, 0.29) is 6.04 Å². The Hall–Kier alpha value is -1.11. The van der Waals surface area contributed by atoms with E-state index in [4.69, 9.17) is 4.74 Å². The van der Waals surface area contributed by atoms with Crippen molar-refractivity contribution in [3.63, 3.8) is 0 Å². The van der Waals surface area contributed by atoms with E-state index in [2.05, 4.69) is 5.32 Å². The maximum Gasteiger partial charge on any atom is 0.243 e. The van der Waals surface area contributed by atoms with E-state index in [1.807, 2.05) is 20.9 Å². The average molecular weight is 314 g/mol. The molecule has 1 N–H and O–H groups in total. The molecule has 6 heteroatoms. The molecule has 0 amide bonds. The molecule has 120 valence electrons. The average Bonchev–Trinajstić information content (AvgIpc) is 2.47. The Balaban J connectivity index is 2.79. The van der Waals surface area contributed by atoms with Crippen LogP contribution in [0.5, 0.6) is 5.75 Å². The summed E-state index contributed by atoms with van der Waals surface area (Å²) in [6.45, 7) is 5.28. The predicted octanol–water partition coefficient (Wildman–Crippen LogP) is 2.09. The lowest BCUT2D eigenvalue weighted by molar-refractivity contribution is 0.318. The smallest absolute Gasteiger partial charge is 0.243 e. The third-order valence-electron chi connectivity index (χ3n) is 3.45. The molecule has 5 nitrogen and oxygen atoms in total. The minimum Gasteiger partial charge on any atom is -0.492 e. The topological polar surface area (TPSA) is 58.6 Å². The van der Waals surface area contributed by atoms with Gasteiger partial charge >= 0.3 is 0 Å².